The van der Waals surface area contributed by atoms with Gasteiger partial charge in [-0.3, -0.25) is 9.89 Å². The van der Waals surface area contributed by atoms with E-state index in [4.69, 9.17) is 11.6 Å². The van der Waals surface area contributed by atoms with Crippen molar-refractivity contribution in [3.05, 3.63) is 63.4 Å². The molecule has 0 aliphatic heterocycles. The largest absolute Gasteiger partial charge is 0.281 e. The number of fused-ring (bicyclic) bond motifs is 2. The number of hydrogen-bond acceptors (Lipinski definition) is 3. The van der Waals surface area contributed by atoms with Crippen LogP contribution in [0.15, 0.2) is 47.3 Å². The summed E-state index contributed by atoms with van der Waals surface area (Å²) in [5, 5.41) is 3.97. The molecule has 0 saturated heterocycles. The van der Waals surface area contributed by atoms with Gasteiger partial charge < -0.3 is 0 Å². The van der Waals surface area contributed by atoms with E-state index >= 15 is 0 Å². The fourth-order valence-corrected chi connectivity index (χ4v) is 2.57. The molecule has 0 atom stereocenters. The number of hydrogen-bond donors (Lipinski definition) is 1. The zero-order valence-electron chi connectivity index (χ0n) is 11.7. The van der Waals surface area contributed by atoms with E-state index < -0.39 is 0 Å². The number of H-pyrrole nitrogens is 1. The molecule has 108 valence electrons. The number of benzene rings is 2. The van der Waals surface area contributed by atoms with Crippen molar-refractivity contribution in [3.8, 4) is 11.4 Å². The number of rotatable bonds is 1. The Morgan fingerprint density at radius 3 is 2.64 bits per heavy atom. The highest BCUT2D eigenvalue weighted by Gasteiger charge is 2.11. The van der Waals surface area contributed by atoms with E-state index in [9.17, 15) is 4.79 Å². The normalized spacial score (nSPS) is 11.4. The molecule has 22 heavy (non-hydrogen) atoms. The van der Waals surface area contributed by atoms with E-state index in [1.165, 1.54) is 4.52 Å². The van der Waals surface area contributed by atoms with Crippen LogP contribution in [0.5, 0.6) is 0 Å². The van der Waals surface area contributed by atoms with E-state index in [1.54, 1.807) is 18.2 Å². The van der Waals surface area contributed by atoms with Gasteiger partial charge in [0.2, 0.25) is 0 Å². The third-order valence-electron chi connectivity index (χ3n) is 3.57. The van der Waals surface area contributed by atoms with Crippen molar-refractivity contribution in [1.29, 1.82) is 0 Å². The molecule has 0 bridgehead atoms. The SMILES string of the molecule is Cc1ccc(-c2nc3nc4ccc(Cl)cc4c(=O)n3[nH]2)cc1. The molecule has 2 aromatic carbocycles. The van der Waals surface area contributed by atoms with Crippen molar-refractivity contribution in [3.63, 3.8) is 0 Å². The Balaban J connectivity index is 2.01. The lowest BCUT2D eigenvalue weighted by Crippen LogP contribution is -2.15. The van der Waals surface area contributed by atoms with Crippen molar-refractivity contribution in [2.75, 3.05) is 0 Å². The van der Waals surface area contributed by atoms with Gasteiger partial charge in [-0.15, -0.1) is 0 Å². The monoisotopic (exact) mass is 310 g/mol. The van der Waals surface area contributed by atoms with Crippen molar-refractivity contribution in [2.24, 2.45) is 0 Å². The Labute approximate surface area is 130 Å². The number of aromatic amines is 1. The summed E-state index contributed by atoms with van der Waals surface area (Å²) in [5.41, 5.74) is 2.43. The van der Waals surface area contributed by atoms with Crippen LogP contribution in [0.3, 0.4) is 0 Å². The van der Waals surface area contributed by atoms with Gasteiger partial charge in [-0.2, -0.15) is 9.50 Å². The first-order chi connectivity index (χ1) is 10.6. The molecule has 0 spiro atoms. The predicted octanol–water partition coefficient (Wildman–Crippen LogP) is 3.20. The highest BCUT2D eigenvalue weighted by atomic mass is 35.5. The van der Waals surface area contributed by atoms with Crippen LogP contribution in [0, 0.1) is 6.92 Å². The van der Waals surface area contributed by atoms with E-state index in [1.807, 2.05) is 31.2 Å². The zero-order valence-corrected chi connectivity index (χ0v) is 12.4. The minimum absolute atomic E-state index is 0.214. The number of nitrogens with one attached hydrogen (secondary N) is 1. The van der Waals surface area contributed by atoms with Crippen LogP contribution in [0.4, 0.5) is 0 Å². The molecular weight excluding hydrogens is 300 g/mol. The Hall–Kier alpha value is -2.66. The Morgan fingerprint density at radius 1 is 1.09 bits per heavy atom. The topological polar surface area (TPSA) is 63.1 Å². The van der Waals surface area contributed by atoms with Gasteiger partial charge in [-0.05, 0) is 25.1 Å². The first-order valence-corrected chi connectivity index (χ1v) is 7.15. The molecule has 0 fully saturated rings. The second kappa shape index (κ2) is 4.68. The van der Waals surface area contributed by atoms with Crippen molar-refractivity contribution in [2.45, 2.75) is 6.92 Å². The molecule has 0 amide bonds. The summed E-state index contributed by atoms with van der Waals surface area (Å²) in [4.78, 5) is 21.3. The van der Waals surface area contributed by atoms with Crippen LogP contribution in [0.25, 0.3) is 28.1 Å². The van der Waals surface area contributed by atoms with Crippen LogP contribution < -0.4 is 5.56 Å². The van der Waals surface area contributed by atoms with Gasteiger partial charge in [-0.25, -0.2) is 4.98 Å². The summed E-state index contributed by atoms with van der Waals surface area (Å²) in [6, 6.07) is 12.9. The van der Waals surface area contributed by atoms with Crippen molar-refractivity contribution >= 4 is 28.3 Å². The van der Waals surface area contributed by atoms with Crippen molar-refractivity contribution in [1.82, 2.24) is 19.6 Å². The van der Waals surface area contributed by atoms with Crippen molar-refractivity contribution < 1.29 is 0 Å². The van der Waals surface area contributed by atoms with Gasteiger partial charge >= 0.3 is 0 Å². The number of halogens is 1. The van der Waals surface area contributed by atoms with E-state index in [0.29, 0.717) is 27.5 Å². The minimum Gasteiger partial charge on any atom is -0.271 e. The molecule has 2 heterocycles. The molecule has 4 rings (SSSR count). The maximum atomic E-state index is 12.5. The molecule has 1 N–H and O–H groups in total. The standard InChI is InChI=1S/C16H11ClN4O/c1-9-2-4-10(5-3-9)14-19-16-18-13-7-6-11(17)8-12(13)15(22)21(16)20-14/h2-8H,1H3,(H,18,19,20). The lowest BCUT2D eigenvalue weighted by Gasteiger charge is -1.98. The lowest BCUT2D eigenvalue weighted by molar-refractivity contribution is 0.919. The quantitative estimate of drug-likeness (QED) is 0.587. The summed E-state index contributed by atoms with van der Waals surface area (Å²) in [7, 11) is 0. The van der Waals surface area contributed by atoms with Gasteiger partial charge in [0.1, 0.15) is 0 Å². The lowest BCUT2D eigenvalue weighted by atomic mass is 10.1. The molecule has 0 aliphatic carbocycles. The van der Waals surface area contributed by atoms with Gasteiger partial charge in [-0.1, -0.05) is 41.4 Å². The fraction of sp³-hybridized carbons (Fsp3) is 0.0625. The Morgan fingerprint density at radius 2 is 1.86 bits per heavy atom. The molecule has 0 aliphatic rings. The van der Waals surface area contributed by atoms with E-state index in [0.717, 1.165) is 11.1 Å². The average molecular weight is 311 g/mol. The fourth-order valence-electron chi connectivity index (χ4n) is 2.39. The molecule has 0 unspecified atom stereocenters. The third-order valence-corrected chi connectivity index (χ3v) is 3.80. The first-order valence-electron chi connectivity index (χ1n) is 6.77. The van der Waals surface area contributed by atoms with E-state index in [2.05, 4.69) is 15.1 Å². The van der Waals surface area contributed by atoms with Crippen LogP contribution in [-0.4, -0.2) is 19.6 Å². The zero-order chi connectivity index (χ0) is 15.3. The molecule has 2 aromatic heterocycles. The minimum atomic E-state index is -0.214. The maximum absolute atomic E-state index is 12.5. The van der Waals surface area contributed by atoms with Gasteiger partial charge in [0.25, 0.3) is 11.3 Å². The summed E-state index contributed by atoms with van der Waals surface area (Å²) in [6.07, 6.45) is 0. The summed E-state index contributed by atoms with van der Waals surface area (Å²) < 4.78 is 1.34. The van der Waals surface area contributed by atoms with Gasteiger partial charge in [0.05, 0.1) is 10.9 Å². The van der Waals surface area contributed by atoms with Gasteiger partial charge in [0, 0.05) is 10.6 Å². The third kappa shape index (κ3) is 1.98. The molecule has 0 saturated carbocycles. The van der Waals surface area contributed by atoms with Crippen LogP contribution >= 0.6 is 11.6 Å². The molecule has 5 nitrogen and oxygen atoms in total. The summed E-state index contributed by atoms with van der Waals surface area (Å²) >= 11 is 5.96. The second-order valence-corrected chi connectivity index (χ2v) is 5.59. The summed E-state index contributed by atoms with van der Waals surface area (Å²) in [6.45, 7) is 2.02. The molecule has 4 aromatic rings. The van der Waals surface area contributed by atoms with Crippen LogP contribution in [-0.2, 0) is 0 Å². The first kappa shape index (κ1) is 13.0. The highest BCUT2D eigenvalue weighted by Crippen LogP contribution is 2.18. The molecular formula is C16H11ClN4O. The summed E-state index contributed by atoms with van der Waals surface area (Å²) in [5.74, 6) is 0.946. The second-order valence-electron chi connectivity index (χ2n) is 5.15. The van der Waals surface area contributed by atoms with Crippen LogP contribution in [0.2, 0.25) is 5.02 Å². The average Bonchev–Trinajstić information content (AvgIpc) is 2.93. The number of aryl methyl sites for hydroxylation is 1. The number of aromatic nitrogens is 4. The molecule has 0 radical (unpaired) electrons. The van der Waals surface area contributed by atoms with Gasteiger partial charge in [0.15, 0.2) is 5.82 Å². The number of nitrogens with zero attached hydrogens (tertiary/aromatic N) is 3. The van der Waals surface area contributed by atoms with E-state index in [-0.39, 0.29) is 5.56 Å². The smallest absolute Gasteiger partial charge is 0.271 e. The maximum Gasteiger partial charge on any atom is 0.281 e. The highest BCUT2D eigenvalue weighted by molar-refractivity contribution is 6.31. The predicted molar refractivity (Wildman–Crippen MR) is 86.3 cm³/mol. The van der Waals surface area contributed by atoms with Crippen LogP contribution in [0.1, 0.15) is 5.56 Å². The Kier molecular flexibility index (Phi) is 2.77. The Bertz CT molecular complexity index is 1060. The molecule has 6 heteroatoms.